The van der Waals surface area contributed by atoms with Crippen LogP contribution in [0.2, 0.25) is 0 Å². The number of aromatic nitrogens is 4. The molecule has 0 aliphatic rings. The van der Waals surface area contributed by atoms with Gasteiger partial charge in [-0.25, -0.2) is 19.3 Å². The molecule has 2 aromatic heterocycles. The minimum atomic E-state index is -0.285. The van der Waals surface area contributed by atoms with Crippen LogP contribution in [0.25, 0.3) is 16.9 Å². The number of hydrogen-bond acceptors (Lipinski definition) is 4. The van der Waals surface area contributed by atoms with Crippen molar-refractivity contribution in [2.75, 3.05) is 0 Å². The van der Waals surface area contributed by atoms with Crippen molar-refractivity contribution in [1.82, 2.24) is 19.1 Å². The van der Waals surface area contributed by atoms with Crippen molar-refractivity contribution in [1.29, 1.82) is 0 Å². The molecule has 94 valence electrons. The van der Waals surface area contributed by atoms with Gasteiger partial charge in [0.1, 0.15) is 18.4 Å². The maximum Gasteiger partial charge on any atom is 0.335 e. The van der Waals surface area contributed by atoms with Crippen molar-refractivity contribution >= 4 is 17.3 Å². The highest BCUT2D eigenvalue weighted by Gasteiger charge is 2.14. The molecule has 0 amide bonds. The first-order chi connectivity index (χ1) is 9.33. The number of para-hydroxylation sites is 2. The third-order valence-corrected chi connectivity index (χ3v) is 2.89. The van der Waals surface area contributed by atoms with Crippen LogP contribution in [-0.4, -0.2) is 25.4 Å². The topological polar surface area (TPSA) is 69.8 Å². The summed E-state index contributed by atoms with van der Waals surface area (Å²) in [7, 11) is 0. The van der Waals surface area contributed by atoms with Gasteiger partial charge in [-0.15, -0.1) is 0 Å². The molecule has 0 radical (unpaired) electrons. The lowest BCUT2D eigenvalue weighted by atomic mass is 10.3. The number of benzene rings is 1. The fourth-order valence-electron chi connectivity index (χ4n) is 2.10. The number of fused-ring (bicyclic) bond motifs is 1. The van der Waals surface area contributed by atoms with E-state index in [1.165, 1.54) is 15.5 Å². The lowest BCUT2D eigenvalue weighted by Gasteiger charge is -2.00. The molecule has 6 heteroatoms. The fourth-order valence-corrected chi connectivity index (χ4v) is 2.10. The summed E-state index contributed by atoms with van der Waals surface area (Å²) in [5.41, 5.74) is 1.14. The second kappa shape index (κ2) is 4.49. The summed E-state index contributed by atoms with van der Waals surface area (Å²) in [5.74, 6) is 0.487. The molecule has 0 aliphatic carbocycles. The monoisotopic (exact) mass is 254 g/mol. The average molecular weight is 254 g/mol. The zero-order chi connectivity index (χ0) is 13.2. The molecule has 1 aromatic carbocycles. The maximum atomic E-state index is 12.4. The highest BCUT2D eigenvalue weighted by atomic mass is 16.2. The van der Waals surface area contributed by atoms with Gasteiger partial charge in [-0.3, -0.25) is 4.57 Å². The molecule has 0 atom stereocenters. The molecule has 3 rings (SSSR count). The minimum absolute atomic E-state index is 0.0252. The molecule has 3 aromatic rings. The van der Waals surface area contributed by atoms with E-state index in [0.717, 1.165) is 0 Å². The number of imidazole rings is 1. The minimum Gasteiger partial charge on any atom is -0.301 e. The molecular formula is C13H10N4O2. The van der Waals surface area contributed by atoms with Gasteiger partial charge in [-0.2, -0.15) is 0 Å². The molecule has 2 heterocycles. The predicted molar refractivity (Wildman–Crippen MR) is 69.2 cm³/mol. The smallest absolute Gasteiger partial charge is 0.301 e. The molecule has 0 fully saturated rings. The van der Waals surface area contributed by atoms with Crippen LogP contribution < -0.4 is 5.69 Å². The summed E-state index contributed by atoms with van der Waals surface area (Å²) in [6.07, 6.45) is 3.66. The van der Waals surface area contributed by atoms with Crippen LogP contribution in [0, 0.1) is 0 Å². The number of carbonyl (C=O) groups excluding carboxylic acids is 1. The zero-order valence-electron chi connectivity index (χ0n) is 9.93. The van der Waals surface area contributed by atoms with Gasteiger partial charge in [-0.1, -0.05) is 12.1 Å². The summed E-state index contributed by atoms with van der Waals surface area (Å²) in [6, 6.07) is 8.94. The summed E-state index contributed by atoms with van der Waals surface area (Å²) in [5, 5.41) is 0. The standard InChI is InChI=1S/C13H10N4O2/c18-8-7-16-10-3-1-2-4-11(10)17(13(16)19)12-5-6-14-9-15-12/h1-6,8-9H,7H2. The quantitative estimate of drug-likeness (QED) is 0.648. The Morgan fingerprint density at radius 2 is 1.95 bits per heavy atom. The number of hydrogen-bond donors (Lipinski definition) is 0. The molecule has 0 bridgehead atoms. The Balaban J connectivity index is 2.40. The normalized spacial score (nSPS) is 10.7. The van der Waals surface area contributed by atoms with Crippen LogP contribution in [-0.2, 0) is 11.3 Å². The largest absolute Gasteiger partial charge is 0.335 e. The van der Waals surface area contributed by atoms with Gasteiger partial charge in [0.15, 0.2) is 0 Å². The average Bonchev–Trinajstić information content (AvgIpc) is 2.73. The van der Waals surface area contributed by atoms with Gasteiger partial charge in [0, 0.05) is 6.20 Å². The second-order valence-electron chi connectivity index (χ2n) is 3.95. The predicted octanol–water partition coefficient (Wildman–Crippen LogP) is 0.781. The SMILES string of the molecule is O=CCn1c(=O)n(-c2ccncn2)c2ccccc21. The van der Waals surface area contributed by atoms with E-state index >= 15 is 0 Å². The summed E-state index contributed by atoms with van der Waals surface area (Å²) in [4.78, 5) is 31.0. The molecule has 0 unspecified atom stereocenters. The van der Waals surface area contributed by atoms with Gasteiger partial charge in [0.05, 0.1) is 17.6 Å². The Labute approximate surface area is 108 Å². The Hall–Kier alpha value is -2.76. The van der Waals surface area contributed by atoms with E-state index in [1.54, 1.807) is 18.3 Å². The van der Waals surface area contributed by atoms with Crippen molar-refractivity contribution in [3.05, 3.63) is 53.3 Å². The third-order valence-electron chi connectivity index (χ3n) is 2.89. The molecular weight excluding hydrogens is 244 g/mol. The maximum absolute atomic E-state index is 12.4. The van der Waals surface area contributed by atoms with E-state index < -0.39 is 0 Å². The first-order valence-electron chi connectivity index (χ1n) is 5.73. The number of rotatable bonds is 3. The van der Waals surface area contributed by atoms with Crippen molar-refractivity contribution in [3.8, 4) is 5.82 Å². The second-order valence-corrected chi connectivity index (χ2v) is 3.95. The summed E-state index contributed by atoms with van der Waals surface area (Å²) >= 11 is 0. The van der Waals surface area contributed by atoms with Crippen LogP contribution in [0.1, 0.15) is 0 Å². The van der Waals surface area contributed by atoms with Gasteiger partial charge in [-0.05, 0) is 18.2 Å². The van der Waals surface area contributed by atoms with Crippen molar-refractivity contribution < 1.29 is 4.79 Å². The van der Waals surface area contributed by atoms with Gasteiger partial charge in [0.2, 0.25) is 0 Å². The summed E-state index contributed by atoms with van der Waals surface area (Å²) < 4.78 is 2.89. The Morgan fingerprint density at radius 3 is 2.63 bits per heavy atom. The fraction of sp³-hybridized carbons (Fsp3) is 0.0769. The molecule has 6 nitrogen and oxygen atoms in total. The lowest BCUT2D eigenvalue weighted by Crippen LogP contribution is -2.24. The Kier molecular flexibility index (Phi) is 2.68. The number of nitrogens with zero attached hydrogens (tertiary/aromatic N) is 4. The number of carbonyl (C=O) groups is 1. The van der Waals surface area contributed by atoms with Crippen molar-refractivity contribution in [2.45, 2.75) is 6.54 Å². The van der Waals surface area contributed by atoms with Gasteiger partial charge >= 0.3 is 5.69 Å². The molecule has 0 N–H and O–H groups in total. The van der Waals surface area contributed by atoms with Crippen molar-refractivity contribution in [2.24, 2.45) is 0 Å². The van der Waals surface area contributed by atoms with Crippen LogP contribution >= 0.6 is 0 Å². The highest BCUT2D eigenvalue weighted by molar-refractivity contribution is 5.78. The Morgan fingerprint density at radius 1 is 1.16 bits per heavy atom. The van der Waals surface area contributed by atoms with E-state index in [-0.39, 0.29) is 12.2 Å². The lowest BCUT2D eigenvalue weighted by molar-refractivity contribution is -0.108. The molecule has 19 heavy (non-hydrogen) atoms. The van der Waals surface area contributed by atoms with Gasteiger partial charge in [0.25, 0.3) is 0 Å². The van der Waals surface area contributed by atoms with E-state index in [2.05, 4.69) is 9.97 Å². The highest BCUT2D eigenvalue weighted by Crippen LogP contribution is 2.15. The van der Waals surface area contributed by atoms with Crippen LogP contribution in [0.5, 0.6) is 0 Å². The molecule has 0 aliphatic heterocycles. The van der Waals surface area contributed by atoms with E-state index in [0.29, 0.717) is 23.1 Å². The van der Waals surface area contributed by atoms with Crippen LogP contribution in [0.4, 0.5) is 0 Å². The summed E-state index contributed by atoms with van der Waals surface area (Å²) in [6.45, 7) is 0.0252. The first-order valence-corrected chi connectivity index (χ1v) is 5.73. The third kappa shape index (κ3) is 1.74. The van der Waals surface area contributed by atoms with Crippen LogP contribution in [0.3, 0.4) is 0 Å². The van der Waals surface area contributed by atoms with E-state index in [9.17, 15) is 9.59 Å². The van der Waals surface area contributed by atoms with E-state index in [4.69, 9.17) is 0 Å². The molecule has 0 saturated carbocycles. The number of aldehydes is 1. The molecule has 0 saturated heterocycles. The Bertz CT molecular complexity index is 789. The van der Waals surface area contributed by atoms with E-state index in [1.807, 2.05) is 18.2 Å². The van der Waals surface area contributed by atoms with Crippen LogP contribution in [0.15, 0.2) is 47.7 Å². The van der Waals surface area contributed by atoms with Gasteiger partial charge < -0.3 is 4.79 Å². The molecule has 0 spiro atoms. The first kappa shape index (κ1) is 11.3. The van der Waals surface area contributed by atoms with Crippen molar-refractivity contribution in [3.63, 3.8) is 0 Å². The zero-order valence-corrected chi connectivity index (χ0v) is 9.93.